The first-order valence-electron chi connectivity index (χ1n) is 6.53. The van der Waals surface area contributed by atoms with Crippen LogP contribution in [0.3, 0.4) is 0 Å². The molecule has 0 saturated heterocycles. The summed E-state index contributed by atoms with van der Waals surface area (Å²) in [5, 5.41) is 21.5. The van der Waals surface area contributed by atoms with Crippen molar-refractivity contribution in [2.75, 3.05) is 11.9 Å². The van der Waals surface area contributed by atoms with Crippen molar-refractivity contribution in [3.63, 3.8) is 0 Å². The Kier molecular flexibility index (Phi) is 3.96. The SMILES string of the molecule is CC(C)C(C)CNc1c(C#N)nnc2ccccc12. The van der Waals surface area contributed by atoms with Crippen molar-refractivity contribution >= 4 is 16.6 Å². The molecule has 1 unspecified atom stereocenters. The summed E-state index contributed by atoms with van der Waals surface area (Å²) in [7, 11) is 0. The summed E-state index contributed by atoms with van der Waals surface area (Å²) in [5.41, 5.74) is 1.96. The molecule has 2 aromatic rings. The van der Waals surface area contributed by atoms with E-state index < -0.39 is 0 Å². The third-order valence-electron chi connectivity index (χ3n) is 3.51. The van der Waals surface area contributed by atoms with Gasteiger partial charge in [0.2, 0.25) is 0 Å². The lowest BCUT2D eigenvalue weighted by Gasteiger charge is -2.18. The number of nitrogens with one attached hydrogen (secondary N) is 1. The van der Waals surface area contributed by atoms with Gasteiger partial charge in [-0.15, -0.1) is 10.2 Å². The summed E-state index contributed by atoms with van der Waals surface area (Å²) in [6.07, 6.45) is 0. The van der Waals surface area contributed by atoms with Gasteiger partial charge in [0.05, 0.1) is 11.2 Å². The monoisotopic (exact) mass is 254 g/mol. The van der Waals surface area contributed by atoms with E-state index in [-0.39, 0.29) is 0 Å². The van der Waals surface area contributed by atoms with Gasteiger partial charge in [-0.25, -0.2) is 0 Å². The van der Waals surface area contributed by atoms with Crippen LogP contribution in [0.1, 0.15) is 26.5 Å². The van der Waals surface area contributed by atoms with Crippen LogP contribution in [0, 0.1) is 23.2 Å². The fourth-order valence-electron chi connectivity index (χ4n) is 1.81. The third kappa shape index (κ3) is 2.82. The summed E-state index contributed by atoms with van der Waals surface area (Å²) in [6, 6.07) is 9.84. The Morgan fingerprint density at radius 2 is 1.95 bits per heavy atom. The van der Waals surface area contributed by atoms with Crippen molar-refractivity contribution in [2.45, 2.75) is 20.8 Å². The van der Waals surface area contributed by atoms with E-state index in [0.29, 0.717) is 17.5 Å². The maximum atomic E-state index is 9.16. The molecule has 98 valence electrons. The second kappa shape index (κ2) is 5.66. The fraction of sp³-hybridized carbons (Fsp3) is 0.400. The largest absolute Gasteiger partial charge is 0.382 e. The van der Waals surface area contributed by atoms with E-state index in [0.717, 1.165) is 23.1 Å². The Labute approximate surface area is 113 Å². The molecule has 1 aromatic heterocycles. The first kappa shape index (κ1) is 13.3. The molecule has 2 rings (SSSR count). The number of rotatable bonds is 4. The number of hydrogen-bond acceptors (Lipinski definition) is 4. The van der Waals surface area contributed by atoms with Crippen LogP contribution >= 0.6 is 0 Å². The van der Waals surface area contributed by atoms with Crippen molar-refractivity contribution in [1.82, 2.24) is 10.2 Å². The zero-order chi connectivity index (χ0) is 13.8. The number of nitrogens with zero attached hydrogens (tertiary/aromatic N) is 3. The van der Waals surface area contributed by atoms with Crippen LogP contribution in [0.2, 0.25) is 0 Å². The Hall–Kier alpha value is -2.15. The summed E-state index contributed by atoms with van der Waals surface area (Å²) in [5.74, 6) is 1.12. The van der Waals surface area contributed by atoms with E-state index in [1.165, 1.54) is 0 Å². The summed E-state index contributed by atoms with van der Waals surface area (Å²) in [4.78, 5) is 0. The Balaban J connectivity index is 2.37. The lowest BCUT2D eigenvalue weighted by molar-refractivity contribution is 0.440. The van der Waals surface area contributed by atoms with Gasteiger partial charge in [0, 0.05) is 11.9 Å². The summed E-state index contributed by atoms with van der Waals surface area (Å²) >= 11 is 0. The number of nitriles is 1. The predicted octanol–water partition coefficient (Wildman–Crippen LogP) is 3.21. The molecule has 0 radical (unpaired) electrons. The van der Waals surface area contributed by atoms with Crippen molar-refractivity contribution < 1.29 is 0 Å². The van der Waals surface area contributed by atoms with Crippen molar-refractivity contribution in [3.05, 3.63) is 30.0 Å². The van der Waals surface area contributed by atoms with Gasteiger partial charge in [-0.1, -0.05) is 39.0 Å². The van der Waals surface area contributed by atoms with Crippen LogP contribution in [0.15, 0.2) is 24.3 Å². The predicted molar refractivity (Wildman–Crippen MR) is 76.7 cm³/mol. The van der Waals surface area contributed by atoms with Crippen LogP contribution < -0.4 is 5.32 Å². The molecule has 0 fully saturated rings. The Morgan fingerprint density at radius 1 is 1.21 bits per heavy atom. The maximum Gasteiger partial charge on any atom is 0.186 e. The molecule has 1 aromatic carbocycles. The second-order valence-corrected chi connectivity index (χ2v) is 5.15. The first-order valence-corrected chi connectivity index (χ1v) is 6.53. The zero-order valence-corrected chi connectivity index (χ0v) is 11.5. The number of aromatic nitrogens is 2. The van der Waals surface area contributed by atoms with Gasteiger partial charge in [-0.3, -0.25) is 0 Å². The molecule has 1 N–H and O–H groups in total. The molecular weight excluding hydrogens is 236 g/mol. The van der Waals surface area contributed by atoms with Crippen molar-refractivity contribution in [2.24, 2.45) is 11.8 Å². The lowest BCUT2D eigenvalue weighted by Crippen LogP contribution is -2.17. The fourth-order valence-corrected chi connectivity index (χ4v) is 1.81. The normalized spacial score (nSPS) is 12.4. The molecule has 0 amide bonds. The van der Waals surface area contributed by atoms with Crippen LogP contribution in [-0.4, -0.2) is 16.7 Å². The van der Waals surface area contributed by atoms with E-state index in [2.05, 4.69) is 42.4 Å². The molecule has 4 nitrogen and oxygen atoms in total. The molecule has 4 heteroatoms. The van der Waals surface area contributed by atoms with Crippen molar-refractivity contribution in [1.29, 1.82) is 5.26 Å². The van der Waals surface area contributed by atoms with Gasteiger partial charge in [0.25, 0.3) is 0 Å². The highest BCUT2D eigenvalue weighted by Gasteiger charge is 2.12. The van der Waals surface area contributed by atoms with Crippen LogP contribution in [-0.2, 0) is 0 Å². The molecule has 0 aliphatic carbocycles. The zero-order valence-electron chi connectivity index (χ0n) is 11.5. The number of hydrogen-bond donors (Lipinski definition) is 1. The molecule has 0 bridgehead atoms. The van der Waals surface area contributed by atoms with E-state index in [1.807, 2.05) is 24.3 Å². The van der Waals surface area contributed by atoms with E-state index in [1.54, 1.807) is 0 Å². The Bertz CT molecular complexity index is 613. The quantitative estimate of drug-likeness (QED) is 0.910. The molecule has 1 heterocycles. The minimum Gasteiger partial charge on any atom is -0.382 e. The molecular formula is C15H18N4. The number of benzene rings is 1. The van der Waals surface area contributed by atoms with Gasteiger partial charge in [0.1, 0.15) is 6.07 Å². The van der Waals surface area contributed by atoms with Gasteiger partial charge in [-0.05, 0) is 17.9 Å². The maximum absolute atomic E-state index is 9.16. The van der Waals surface area contributed by atoms with E-state index in [9.17, 15) is 0 Å². The van der Waals surface area contributed by atoms with E-state index in [4.69, 9.17) is 5.26 Å². The summed E-state index contributed by atoms with van der Waals surface area (Å²) in [6.45, 7) is 7.41. The van der Waals surface area contributed by atoms with Gasteiger partial charge < -0.3 is 5.32 Å². The van der Waals surface area contributed by atoms with Crippen LogP contribution in [0.25, 0.3) is 10.9 Å². The highest BCUT2D eigenvalue weighted by Crippen LogP contribution is 2.24. The highest BCUT2D eigenvalue weighted by atomic mass is 15.1. The minimum atomic E-state index is 0.356. The third-order valence-corrected chi connectivity index (χ3v) is 3.51. The van der Waals surface area contributed by atoms with Gasteiger partial charge in [-0.2, -0.15) is 5.26 Å². The number of anilines is 1. The molecule has 0 spiro atoms. The minimum absolute atomic E-state index is 0.356. The highest BCUT2D eigenvalue weighted by molar-refractivity contribution is 5.92. The van der Waals surface area contributed by atoms with Crippen molar-refractivity contribution in [3.8, 4) is 6.07 Å². The lowest BCUT2D eigenvalue weighted by atomic mass is 9.98. The summed E-state index contributed by atoms with van der Waals surface area (Å²) < 4.78 is 0. The van der Waals surface area contributed by atoms with Crippen LogP contribution in [0.4, 0.5) is 5.69 Å². The Morgan fingerprint density at radius 3 is 2.63 bits per heavy atom. The average molecular weight is 254 g/mol. The van der Waals surface area contributed by atoms with Crippen LogP contribution in [0.5, 0.6) is 0 Å². The molecule has 19 heavy (non-hydrogen) atoms. The second-order valence-electron chi connectivity index (χ2n) is 5.15. The molecule has 1 atom stereocenters. The standard InChI is InChI=1S/C15H18N4/c1-10(2)11(3)9-17-15-12-6-4-5-7-13(12)18-19-14(15)8-16/h4-7,10-11H,9H2,1-3H3,(H,17,18). The van der Waals surface area contributed by atoms with Gasteiger partial charge in [0.15, 0.2) is 5.69 Å². The first-order chi connectivity index (χ1) is 9.13. The molecule has 0 saturated carbocycles. The van der Waals surface area contributed by atoms with Gasteiger partial charge >= 0.3 is 0 Å². The number of fused-ring (bicyclic) bond motifs is 1. The molecule has 0 aliphatic heterocycles. The molecule has 0 aliphatic rings. The van der Waals surface area contributed by atoms with E-state index >= 15 is 0 Å². The topological polar surface area (TPSA) is 61.6 Å². The average Bonchev–Trinajstić information content (AvgIpc) is 2.43. The smallest absolute Gasteiger partial charge is 0.186 e.